The van der Waals surface area contributed by atoms with Crippen molar-refractivity contribution in [1.82, 2.24) is 24.9 Å². The van der Waals surface area contributed by atoms with Crippen molar-refractivity contribution in [2.24, 2.45) is 0 Å². The molecule has 0 saturated carbocycles. The number of anilines is 1. The van der Waals surface area contributed by atoms with E-state index in [4.69, 9.17) is 9.47 Å². The number of aromatic nitrogens is 4. The lowest BCUT2D eigenvalue weighted by molar-refractivity contribution is 0.0591. The summed E-state index contributed by atoms with van der Waals surface area (Å²) in [4.78, 5) is 33.5. The zero-order valence-electron chi connectivity index (χ0n) is 18.8. The van der Waals surface area contributed by atoms with Crippen LogP contribution in [0.5, 0.6) is 5.75 Å². The highest BCUT2D eigenvalue weighted by atomic mass is 16.5. The molecule has 33 heavy (non-hydrogen) atoms. The molecule has 1 N–H and O–H groups in total. The van der Waals surface area contributed by atoms with Crippen molar-refractivity contribution in [3.63, 3.8) is 0 Å². The zero-order valence-corrected chi connectivity index (χ0v) is 18.8. The number of piperidine rings is 1. The van der Waals surface area contributed by atoms with Crippen molar-refractivity contribution in [2.75, 3.05) is 26.1 Å². The molecule has 0 bridgehead atoms. The summed E-state index contributed by atoms with van der Waals surface area (Å²) in [6.07, 6.45) is 6.32. The molecular weight excluding hydrogens is 424 g/mol. The number of rotatable bonds is 6. The van der Waals surface area contributed by atoms with Gasteiger partial charge >= 0.3 is 5.97 Å². The number of hydrogen-bond donors (Lipinski definition) is 1. The van der Waals surface area contributed by atoms with E-state index in [1.807, 2.05) is 30.0 Å². The highest BCUT2D eigenvalue weighted by molar-refractivity contribution is 5.98. The largest absolute Gasteiger partial charge is 0.496 e. The van der Waals surface area contributed by atoms with Crippen LogP contribution in [0, 0.1) is 0 Å². The maximum absolute atomic E-state index is 13.6. The molecule has 3 aromatic rings. The number of likely N-dealkylation sites (tertiary alicyclic amines) is 1. The molecule has 0 aliphatic carbocycles. The van der Waals surface area contributed by atoms with E-state index in [2.05, 4.69) is 20.5 Å². The average molecular weight is 450 g/mol. The molecule has 2 atom stereocenters. The maximum atomic E-state index is 13.6. The lowest BCUT2D eigenvalue weighted by Crippen LogP contribution is -2.50. The Hall–Kier alpha value is -3.95. The molecule has 1 saturated heterocycles. The van der Waals surface area contributed by atoms with Crippen LogP contribution in [-0.4, -0.2) is 69.6 Å². The van der Waals surface area contributed by atoms with Crippen LogP contribution in [0.4, 0.5) is 5.82 Å². The highest BCUT2D eigenvalue weighted by Gasteiger charge is 2.32. The van der Waals surface area contributed by atoms with E-state index in [1.165, 1.54) is 19.0 Å². The number of para-hydroxylation sites is 1. The van der Waals surface area contributed by atoms with Crippen molar-refractivity contribution in [1.29, 1.82) is 0 Å². The number of methoxy groups -OCH3 is 2. The first-order chi connectivity index (χ1) is 16.0. The van der Waals surface area contributed by atoms with Crippen LogP contribution in [0.15, 0.2) is 48.9 Å². The van der Waals surface area contributed by atoms with Crippen LogP contribution >= 0.6 is 0 Å². The van der Waals surface area contributed by atoms with Gasteiger partial charge < -0.3 is 19.7 Å². The molecule has 10 heteroatoms. The Bertz CT molecular complexity index is 1130. The quantitative estimate of drug-likeness (QED) is 0.571. The van der Waals surface area contributed by atoms with Gasteiger partial charge in [-0.05, 0) is 38.0 Å². The lowest BCUT2D eigenvalue weighted by Gasteiger charge is -2.39. The molecule has 1 aliphatic rings. The topological polar surface area (TPSA) is 111 Å². The zero-order chi connectivity index (χ0) is 23.4. The molecule has 10 nitrogen and oxygen atoms in total. The van der Waals surface area contributed by atoms with Gasteiger partial charge in [-0.2, -0.15) is 15.0 Å². The minimum Gasteiger partial charge on any atom is -0.496 e. The number of carbonyl (C=O) groups is 2. The van der Waals surface area contributed by atoms with E-state index >= 15 is 0 Å². The molecule has 0 radical (unpaired) electrons. The lowest BCUT2D eigenvalue weighted by atomic mass is 9.97. The number of nitrogens with one attached hydrogen (secondary N) is 1. The number of nitrogens with zero attached hydrogens (tertiary/aromatic N) is 5. The summed E-state index contributed by atoms with van der Waals surface area (Å²) < 4.78 is 10.2. The van der Waals surface area contributed by atoms with E-state index in [-0.39, 0.29) is 23.6 Å². The summed E-state index contributed by atoms with van der Waals surface area (Å²) in [7, 11) is 2.80. The molecule has 1 amide bonds. The predicted octanol–water partition coefficient (Wildman–Crippen LogP) is 2.56. The fourth-order valence-electron chi connectivity index (χ4n) is 4.05. The van der Waals surface area contributed by atoms with Gasteiger partial charge in [-0.25, -0.2) is 9.78 Å². The number of pyridine rings is 1. The average Bonchev–Trinajstić information content (AvgIpc) is 3.39. The standard InChI is InChI=1S/C23H26N6O4/c1-15-8-9-16(27-21-20(23(31)33-3)19(32-2)10-11-24-21)14-28(15)22(30)17-6-4-5-7-18(17)29-25-12-13-26-29/h4-7,10-13,15-16H,8-9,14H2,1-3H3,(H,24,27)/t15-,16-/m1/s1. The van der Waals surface area contributed by atoms with Crippen molar-refractivity contribution >= 4 is 17.7 Å². The number of benzene rings is 1. The Kier molecular flexibility index (Phi) is 6.53. The van der Waals surface area contributed by atoms with Gasteiger partial charge in [0.05, 0.1) is 37.9 Å². The second-order valence-electron chi connectivity index (χ2n) is 7.79. The van der Waals surface area contributed by atoms with E-state index in [1.54, 1.807) is 30.7 Å². The molecule has 3 heterocycles. The van der Waals surface area contributed by atoms with Crippen molar-refractivity contribution in [2.45, 2.75) is 31.8 Å². The van der Waals surface area contributed by atoms with Crippen LogP contribution in [-0.2, 0) is 4.74 Å². The van der Waals surface area contributed by atoms with Crippen molar-refractivity contribution < 1.29 is 19.1 Å². The molecule has 0 spiro atoms. The summed E-state index contributed by atoms with van der Waals surface area (Å²) in [5.41, 5.74) is 1.38. The van der Waals surface area contributed by atoms with Crippen molar-refractivity contribution in [3.8, 4) is 11.4 Å². The van der Waals surface area contributed by atoms with Crippen LogP contribution in [0.2, 0.25) is 0 Å². The third-order valence-corrected chi connectivity index (χ3v) is 5.77. The first-order valence-electron chi connectivity index (χ1n) is 10.7. The molecule has 172 valence electrons. The third kappa shape index (κ3) is 4.50. The number of carbonyl (C=O) groups excluding carboxylic acids is 2. The normalized spacial score (nSPS) is 18.0. The van der Waals surface area contributed by atoms with Gasteiger partial charge in [0.15, 0.2) is 0 Å². The van der Waals surface area contributed by atoms with Gasteiger partial charge in [0.1, 0.15) is 17.1 Å². The summed E-state index contributed by atoms with van der Waals surface area (Å²) in [5.74, 6) is 0.0975. The maximum Gasteiger partial charge on any atom is 0.345 e. The number of hydrogen-bond acceptors (Lipinski definition) is 8. The van der Waals surface area contributed by atoms with Gasteiger partial charge in [0, 0.05) is 24.8 Å². The predicted molar refractivity (Wildman–Crippen MR) is 121 cm³/mol. The van der Waals surface area contributed by atoms with Crippen LogP contribution in [0.1, 0.15) is 40.5 Å². The van der Waals surface area contributed by atoms with Gasteiger partial charge in [0.2, 0.25) is 0 Å². The Balaban J connectivity index is 1.58. The molecule has 4 rings (SSSR count). The summed E-state index contributed by atoms with van der Waals surface area (Å²) in [5, 5.41) is 11.7. The molecule has 2 aromatic heterocycles. The Labute approximate surface area is 191 Å². The Morgan fingerprint density at radius 3 is 2.55 bits per heavy atom. The summed E-state index contributed by atoms with van der Waals surface area (Å²) in [6.45, 7) is 2.48. The fraction of sp³-hybridized carbons (Fsp3) is 0.348. The molecule has 1 aromatic carbocycles. The van der Waals surface area contributed by atoms with Crippen LogP contribution in [0.3, 0.4) is 0 Å². The number of amides is 1. The summed E-state index contributed by atoms with van der Waals surface area (Å²) in [6, 6.07) is 8.83. The third-order valence-electron chi connectivity index (χ3n) is 5.77. The van der Waals surface area contributed by atoms with Crippen LogP contribution < -0.4 is 10.1 Å². The smallest absolute Gasteiger partial charge is 0.345 e. The van der Waals surface area contributed by atoms with E-state index in [9.17, 15) is 9.59 Å². The van der Waals surface area contributed by atoms with Gasteiger partial charge in [-0.15, -0.1) is 0 Å². The highest BCUT2D eigenvalue weighted by Crippen LogP contribution is 2.28. The van der Waals surface area contributed by atoms with Crippen LogP contribution in [0.25, 0.3) is 5.69 Å². The number of esters is 1. The SMILES string of the molecule is COC(=O)c1c(OC)ccnc1N[C@@H]1CC[C@@H](C)N(C(=O)c2ccccc2-n2nccn2)C1. The Morgan fingerprint density at radius 2 is 1.82 bits per heavy atom. The minimum absolute atomic E-state index is 0.0486. The van der Waals surface area contributed by atoms with E-state index in [0.717, 1.165) is 12.8 Å². The summed E-state index contributed by atoms with van der Waals surface area (Å²) >= 11 is 0. The molecule has 1 fully saturated rings. The fourth-order valence-corrected chi connectivity index (χ4v) is 4.05. The van der Waals surface area contributed by atoms with Gasteiger partial charge in [-0.1, -0.05) is 12.1 Å². The molecule has 0 unspecified atom stereocenters. The molecule has 1 aliphatic heterocycles. The minimum atomic E-state index is -0.541. The van der Waals surface area contributed by atoms with Gasteiger partial charge in [0.25, 0.3) is 5.91 Å². The first kappa shape index (κ1) is 22.3. The monoisotopic (exact) mass is 450 g/mol. The molecular formula is C23H26N6O4. The number of ether oxygens (including phenoxy) is 2. The van der Waals surface area contributed by atoms with E-state index < -0.39 is 5.97 Å². The van der Waals surface area contributed by atoms with Crippen molar-refractivity contribution in [3.05, 3.63) is 60.0 Å². The second kappa shape index (κ2) is 9.68. The first-order valence-corrected chi connectivity index (χ1v) is 10.7. The van der Waals surface area contributed by atoms with Gasteiger partial charge in [-0.3, -0.25) is 4.79 Å². The Morgan fingerprint density at radius 1 is 1.06 bits per heavy atom. The second-order valence-corrected chi connectivity index (χ2v) is 7.79. The van der Waals surface area contributed by atoms with E-state index in [0.29, 0.717) is 29.4 Å².